The molecule has 4 rings (SSSR count). The lowest BCUT2D eigenvalue weighted by Gasteiger charge is -2.31. The van der Waals surface area contributed by atoms with Crippen LogP contribution in [-0.4, -0.2) is 72.6 Å². The predicted octanol–water partition coefficient (Wildman–Crippen LogP) is 3.88. The number of amides is 1. The minimum atomic E-state index is -0.720. The van der Waals surface area contributed by atoms with Gasteiger partial charge in [-0.25, -0.2) is 0 Å². The molecule has 0 saturated carbocycles. The summed E-state index contributed by atoms with van der Waals surface area (Å²) in [6, 6.07) is 13.2. The maximum atomic E-state index is 13.2. The summed E-state index contributed by atoms with van der Waals surface area (Å²) in [5, 5.41) is 11.7. The van der Waals surface area contributed by atoms with Crippen LogP contribution in [0.5, 0.6) is 5.75 Å². The van der Waals surface area contributed by atoms with E-state index >= 15 is 0 Å². The SMILES string of the molecule is CCCOc1cccc([C@H]2C(=C(O)c3ccc(Cl)cc3)C(=O)C(=O)N2CCN2CCOCC2)c1. The normalized spacial score (nSPS) is 20.6. The van der Waals surface area contributed by atoms with Gasteiger partial charge in [0.15, 0.2) is 0 Å². The molecule has 0 aromatic heterocycles. The largest absolute Gasteiger partial charge is 0.507 e. The highest BCUT2D eigenvalue weighted by Crippen LogP contribution is 2.40. The molecule has 2 fully saturated rings. The fourth-order valence-electron chi connectivity index (χ4n) is 4.29. The molecule has 0 bridgehead atoms. The number of ether oxygens (including phenoxy) is 2. The third kappa shape index (κ3) is 5.27. The van der Waals surface area contributed by atoms with Gasteiger partial charge in [-0.15, -0.1) is 0 Å². The zero-order chi connectivity index (χ0) is 24.1. The number of carbonyl (C=O) groups excluding carboxylic acids is 2. The number of hydrogen-bond acceptors (Lipinski definition) is 6. The Hall–Kier alpha value is -2.87. The van der Waals surface area contributed by atoms with Crippen LogP contribution in [0.1, 0.15) is 30.5 Å². The fourth-order valence-corrected chi connectivity index (χ4v) is 4.41. The first kappa shape index (κ1) is 24.3. The minimum Gasteiger partial charge on any atom is -0.507 e. The molecule has 2 aliphatic rings. The molecule has 7 nitrogen and oxygen atoms in total. The van der Waals surface area contributed by atoms with Crippen LogP contribution < -0.4 is 4.74 Å². The highest BCUT2D eigenvalue weighted by molar-refractivity contribution is 6.46. The number of morpholine rings is 1. The summed E-state index contributed by atoms with van der Waals surface area (Å²) in [5.74, 6) is -0.869. The van der Waals surface area contributed by atoms with Crippen LogP contribution in [0.3, 0.4) is 0 Å². The summed E-state index contributed by atoms with van der Waals surface area (Å²) < 4.78 is 11.2. The van der Waals surface area contributed by atoms with Crippen LogP contribution in [0.25, 0.3) is 5.76 Å². The van der Waals surface area contributed by atoms with Crippen molar-refractivity contribution >= 4 is 29.1 Å². The van der Waals surface area contributed by atoms with Gasteiger partial charge in [0.1, 0.15) is 11.5 Å². The van der Waals surface area contributed by atoms with Gasteiger partial charge in [0.2, 0.25) is 0 Å². The zero-order valence-corrected chi connectivity index (χ0v) is 20.0. The van der Waals surface area contributed by atoms with E-state index in [1.54, 1.807) is 29.2 Å². The molecule has 2 aliphatic heterocycles. The van der Waals surface area contributed by atoms with Gasteiger partial charge < -0.3 is 19.5 Å². The average Bonchev–Trinajstić information content (AvgIpc) is 3.12. The van der Waals surface area contributed by atoms with Crippen molar-refractivity contribution in [2.45, 2.75) is 19.4 Å². The van der Waals surface area contributed by atoms with E-state index in [4.69, 9.17) is 21.1 Å². The molecular formula is C26H29ClN2O5. The maximum absolute atomic E-state index is 13.2. The van der Waals surface area contributed by atoms with Gasteiger partial charge in [-0.3, -0.25) is 14.5 Å². The first-order valence-electron chi connectivity index (χ1n) is 11.6. The van der Waals surface area contributed by atoms with E-state index in [0.717, 1.165) is 19.5 Å². The Kier molecular flexibility index (Phi) is 7.88. The third-order valence-electron chi connectivity index (χ3n) is 6.07. The van der Waals surface area contributed by atoms with Gasteiger partial charge in [0, 0.05) is 36.8 Å². The van der Waals surface area contributed by atoms with Crippen molar-refractivity contribution < 1.29 is 24.2 Å². The van der Waals surface area contributed by atoms with Gasteiger partial charge in [-0.1, -0.05) is 30.7 Å². The van der Waals surface area contributed by atoms with Crippen molar-refractivity contribution in [2.24, 2.45) is 0 Å². The second kappa shape index (κ2) is 11.0. The predicted molar refractivity (Wildman–Crippen MR) is 130 cm³/mol. The van der Waals surface area contributed by atoms with Crippen LogP contribution in [-0.2, 0) is 14.3 Å². The molecule has 2 aromatic rings. The number of aliphatic hydroxyl groups is 1. The zero-order valence-electron chi connectivity index (χ0n) is 19.2. The number of ketones is 1. The van der Waals surface area contributed by atoms with Crippen LogP contribution >= 0.6 is 11.6 Å². The lowest BCUT2D eigenvalue weighted by atomic mass is 9.95. The molecule has 1 atom stereocenters. The Morgan fingerprint density at radius 2 is 1.85 bits per heavy atom. The number of carbonyl (C=O) groups is 2. The molecule has 2 heterocycles. The monoisotopic (exact) mass is 484 g/mol. The molecule has 1 amide bonds. The summed E-state index contributed by atoms with van der Waals surface area (Å²) >= 11 is 6.00. The smallest absolute Gasteiger partial charge is 0.295 e. The van der Waals surface area contributed by atoms with E-state index in [2.05, 4.69) is 4.90 Å². The number of likely N-dealkylation sites (tertiary alicyclic amines) is 1. The lowest BCUT2D eigenvalue weighted by Crippen LogP contribution is -2.42. The molecule has 180 valence electrons. The summed E-state index contributed by atoms with van der Waals surface area (Å²) in [7, 11) is 0. The van der Waals surface area contributed by atoms with Gasteiger partial charge >= 0.3 is 0 Å². The maximum Gasteiger partial charge on any atom is 0.295 e. The molecule has 0 aliphatic carbocycles. The van der Waals surface area contributed by atoms with Crippen molar-refractivity contribution in [1.29, 1.82) is 0 Å². The van der Waals surface area contributed by atoms with E-state index in [9.17, 15) is 14.7 Å². The van der Waals surface area contributed by atoms with Crippen molar-refractivity contribution in [1.82, 2.24) is 9.80 Å². The molecular weight excluding hydrogens is 456 g/mol. The summed E-state index contributed by atoms with van der Waals surface area (Å²) in [4.78, 5) is 30.1. The number of halogens is 1. The molecule has 2 saturated heterocycles. The van der Waals surface area contributed by atoms with Crippen LogP contribution in [0.4, 0.5) is 0 Å². The topological polar surface area (TPSA) is 79.3 Å². The van der Waals surface area contributed by atoms with Gasteiger partial charge in [0.05, 0.1) is 31.4 Å². The number of Topliss-reactive ketones (excluding diaryl/α,β-unsaturated/α-hetero) is 1. The second-order valence-electron chi connectivity index (χ2n) is 8.37. The number of nitrogens with zero attached hydrogens (tertiary/aromatic N) is 2. The number of rotatable bonds is 8. The molecule has 0 spiro atoms. The van der Waals surface area contributed by atoms with Gasteiger partial charge in [-0.2, -0.15) is 0 Å². The molecule has 2 aromatic carbocycles. The quantitative estimate of drug-likeness (QED) is 0.348. The van der Waals surface area contributed by atoms with Crippen LogP contribution in [0.2, 0.25) is 5.02 Å². The van der Waals surface area contributed by atoms with E-state index in [0.29, 0.717) is 54.8 Å². The molecule has 0 unspecified atom stereocenters. The number of hydrogen-bond donors (Lipinski definition) is 1. The second-order valence-corrected chi connectivity index (χ2v) is 8.81. The summed E-state index contributed by atoms with van der Waals surface area (Å²) in [5.41, 5.74) is 1.21. The molecule has 34 heavy (non-hydrogen) atoms. The fraction of sp³-hybridized carbons (Fsp3) is 0.385. The lowest BCUT2D eigenvalue weighted by molar-refractivity contribution is -0.140. The van der Waals surface area contributed by atoms with E-state index in [1.165, 1.54) is 0 Å². The van der Waals surface area contributed by atoms with Crippen molar-refractivity contribution in [3.8, 4) is 5.75 Å². The standard InChI is InChI=1S/C26H29ClN2O5/c1-2-14-34-21-5-3-4-19(17-21)23-22(24(30)18-6-8-20(27)9-7-18)25(31)26(32)29(23)11-10-28-12-15-33-16-13-28/h3-9,17,23,30H,2,10-16H2,1H3/t23-/m0/s1. The first-order valence-corrected chi connectivity index (χ1v) is 11.9. The minimum absolute atomic E-state index is 0.0712. The van der Waals surface area contributed by atoms with E-state index < -0.39 is 17.7 Å². The average molecular weight is 485 g/mol. The first-order chi connectivity index (χ1) is 16.5. The molecule has 8 heteroatoms. The Bertz CT molecular complexity index is 1060. The van der Waals surface area contributed by atoms with E-state index in [1.807, 2.05) is 31.2 Å². The molecule has 0 radical (unpaired) electrons. The van der Waals surface area contributed by atoms with Gasteiger partial charge in [-0.05, 0) is 48.4 Å². The number of aliphatic hydroxyl groups excluding tert-OH is 1. The van der Waals surface area contributed by atoms with Gasteiger partial charge in [0.25, 0.3) is 11.7 Å². The van der Waals surface area contributed by atoms with Crippen LogP contribution in [0.15, 0.2) is 54.1 Å². The highest BCUT2D eigenvalue weighted by atomic mass is 35.5. The van der Waals surface area contributed by atoms with Crippen molar-refractivity contribution in [2.75, 3.05) is 46.0 Å². The van der Waals surface area contributed by atoms with Crippen molar-refractivity contribution in [3.63, 3.8) is 0 Å². The van der Waals surface area contributed by atoms with Crippen molar-refractivity contribution in [3.05, 3.63) is 70.3 Å². The Morgan fingerprint density at radius 3 is 2.56 bits per heavy atom. The van der Waals surface area contributed by atoms with Crippen LogP contribution in [0, 0.1) is 0 Å². The highest BCUT2D eigenvalue weighted by Gasteiger charge is 2.46. The summed E-state index contributed by atoms with van der Waals surface area (Å²) in [6.07, 6.45) is 0.860. The number of benzene rings is 2. The third-order valence-corrected chi connectivity index (χ3v) is 6.32. The Labute approximate surface area is 204 Å². The Balaban J connectivity index is 1.73. The van der Waals surface area contributed by atoms with E-state index in [-0.39, 0.29) is 11.3 Å². The summed E-state index contributed by atoms with van der Waals surface area (Å²) in [6.45, 7) is 6.40. The molecule has 1 N–H and O–H groups in total. The Morgan fingerprint density at radius 1 is 1.12 bits per heavy atom.